The van der Waals surface area contributed by atoms with Crippen molar-refractivity contribution < 1.29 is 26.9 Å². The van der Waals surface area contributed by atoms with Gasteiger partial charge in [0.2, 0.25) is 5.91 Å². The van der Waals surface area contributed by atoms with Gasteiger partial charge in [0, 0.05) is 42.9 Å². The fourth-order valence-electron chi connectivity index (χ4n) is 3.55. The molecule has 0 aliphatic carbocycles. The maximum absolute atomic E-state index is 12.9. The van der Waals surface area contributed by atoms with Crippen LogP contribution in [0.4, 0.5) is 10.5 Å². The van der Waals surface area contributed by atoms with Gasteiger partial charge in [-0.15, -0.1) is 0 Å². The number of nitrogens with one attached hydrogen (secondary N) is 2. The summed E-state index contributed by atoms with van der Waals surface area (Å²) in [6.45, 7) is 4.72. The number of halogens is 1. The molecule has 1 atom stereocenters. The van der Waals surface area contributed by atoms with E-state index in [0.717, 1.165) is 12.8 Å². The maximum Gasteiger partial charge on any atom is 0.339 e. The Morgan fingerprint density at radius 3 is 2.56 bits per heavy atom. The molecule has 0 saturated carbocycles. The lowest BCUT2D eigenvalue weighted by Crippen LogP contribution is -2.43. The lowest BCUT2D eigenvalue weighted by Gasteiger charge is -2.26. The largest absolute Gasteiger partial charge is 0.379 e. The quantitative estimate of drug-likeness (QED) is 0.497. The number of amides is 3. The van der Waals surface area contributed by atoms with Crippen LogP contribution in [0.1, 0.15) is 32.3 Å². The van der Waals surface area contributed by atoms with Crippen molar-refractivity contribution in [1.29, 1.82) is 0 Å². The molecule has 1 aliphatic heterocycles. The van der Waals surface area contributed by atoms with Gasteiger partial charge in [0.1, 0.15) is 10.6 Å². The molecule has 2 aromatic carbocycles. The lowest BCUT2D eigenvalue weighted by atomic mass is 10.1. The summed E-state index contributed by atoms with van der Waals surface area (Å²) in [6, 6.07) is 9.89. The monoisotopic (exact) mass is 509 g/mol. The molecule has 3 rings (SSSR count). The molecule has 184 valence electrons. The van der Waals surface area contributed by atoms with Gasteiger partial charge in [-0.3, -0.25) is 4.79 Å². The van der Waals surface area contributed by atoms with E-state index in [4.69, 9.17) is 20.5 Å². The molecule has 9 nitrogen and oxygen atoms in total. The fraction of sp³-hybridized carbons (Fsp3) is 0.391. The number of hydrogen-bond acceptors (Lipinski definition) is 6. The molecule has 0 aromatic heterocycles. The SMILES string of the molecule is CCNC(=O)N(Cc1cc(Cl)ccc1OS(=O)(=O)c1ccc(NC(C)=O)cc1)CC1CCCO1. The van der Waals surface area contributed by atoms with Crippen molar-refractivity contribution >= 4 is 39.3 Å². The van der Waals surface area contributed by atoms with Gasteiger partial charge in [-0.05, 0) is 62.2 Å². The summed E-state index contributed by atoms with van der Waals surface area (Å²) >= 11 is 6.18. The number of carbonyl (C=O) groups is 2. The van der Waals surface area contributed by atoms with E-state index in [1.807, 2.05) is 6.92 Å². The number of benzene rings is 2. The van der Waals surface area contributed by atoms with Crippen molar-refractivity contribution in [3.8, 4) is 5.75 Å². The van der Waals surface area contributed by atoms with Gasteiger partial charge in [0.15, 0.2) is 0 Å². The number of anilines is 1. The van der Waals surface area contributed by atoms with E-state index in [1.165, 1.54) is 43.3 Å². The predicted molar refractivity (Wildman–Crippen MR) is 128 cm³/mol. The number of nitrogens with zero attached hydrogens (tertiary/aromatic N) is 1. The third kappa shape index (κ3) is 7.09. The van der Waals surface area contributed by atoms with E-state index >= 15 is 0 Å². The minimum absolute atomic E-state index is 0.0666. The molecule has 1 heterocycles. The van der Waals surface area contributed by atoms with Gasteiger partial charge in [-0.25, -0.2) is 4.79 Å². The summed E-state index contributed by atoms with van der Waals surface area (Å²) < 4.78 is 37.0. The zero-order valence-corrected chi connectivity index (χ0v) is 20.6. The first kappa shape index (κ1) is 25.8. The van der Waals surface area contributed by atoms with Crippen LogP contribution in [0, 0.1) is 0 Å². The van der Waals surface area contributed by atoms with Crippen molar-refractivity contribution in [2.75, 3.05) is 25.0 Å². The van der Waals surface area contributed by atoms with Crippen LogP contribution in [0.15, 0.2) is 47.4 Å². The summed E-state index contributed by atoms with van der Waals surface area (Å²) in [5.41, 5.74) is 0.903. The Labute approximate surface area is 204 Å². The Hall–Kier alpha value is -2.82. The zero-order chi connectivity index (χ0) is 24.7. The predicted octanol–water partition coefficient (Wildman–Crippen LogP) is 3.78. The Bertz CT molecular complexity index is 1120. The molecule has 0 bridgehead atoms. The second-order valence-corrected chi connectivity index (χ2v) is 9.83. The summed E-state index contributed by atoms with van der Waals surface area (Å²) in [4.78, 5) is 25.3. The normalized spacial score (nSPS) is 15.6. The molecular formula is C23H28ClN3O6S. The molecule has 0 radical (unpaired) electrons. The minimum atomic E-state index is -4.18. The zero-order valence-electron chi connectivity index (χ0n) is 19.0. The van der Waals surface area contributed by atoms with Crippen LogP contribution >= 0.6 is 11.6 Å². The highest BCUT2D eigenvalue weighted by Gasteiger charge is 2.25. The first-order chi connectivity index (χ1) is 16.2. The highest BCUT2D eigenvalue weighted by molar-refractivity contribution is 7.87. The van der Waals surface area contributed by atoms with Crippen LogP contribution in [0.3, 0.4) is 0 Å². The molecule has 3 amide bonds. The molecule has 1 fully saturated rings. The minimum Gasteiger partial charge on any atom is -0.379 e. The van der Waals surface area contributed by atoms with Crippen molar-refractivity contribution in [3.63, 3.8) is 0 Å². The van der Waals surface area contributed by atoms with E-state index in [-0.39, 0.29) is 35.2 Å². The van der Waals surface area contributed by atoms with Crippen LogP contribution in [0.25, 0.3) is 0 Å². The number of ether oxygens (including phenoxy) is 1. The first-order valence-corrected chi connectivity index (χ1v) is 12.7. The fourth-order valence-corrected chi connectivity index (χ4v) is 4.71. The highest BCUT2D eigenvalue weighted by Crippen LogP contribution is 2.28. The molecule has 11 heteroatoms. The maximum atomic E-state index is 12.9. The van der Waals surface area contributed by atoms with Crippen molar-refractivity contribution in [3.05, 3.63) is 53.1 Å². The van der Waals surface area contributed by atoms with Gasteiger partial charge >= 0.3 is 16.1 Å². The van der Waals surface area contributed by atoms with Crippen LogP contribution in [-0.4, -0.2) is 51.1 Å². The average molecular weight is 510 g/mol. The van der Waals surface area contributed by atoms with Gasteiger partial charge in [-0.1, -0.05) is 11.6 Å². The Kier molecular flexibility index (Phi) is 8.76. The summed E-state index contributed by atoms with van der Waals surface area (Å²) in [6.07, 6.45) is 1.69. The van der Waals surface area contributed by atoms with E-state index in [1.54, 1.807) is 11.0 Å². The summed E-state index contributed by atoms with van der Waals surface area (Å²) in [7, 11) is -4.18. The lowest BCUT2D eigenvalue weighted by molar-refractivity contribution is -0.114. The van der Waals surface area contributed by atoms with Gasteiger partial charge in [0.05, 0.1) is 12.6 Å². The van der Waals surface area contributed by atoms with Crippen LogP contribution < -0.4 is 14.8 Å². The Morgan fingerprint density at radius 1 is 1.21 bits per heavy atom. The first-order valence-electron chi connectivity index (χ1n) is 10.9. The molecule has 1 saturated heterocycles. The van der Waals surface area contributed by atoms with Crippen LogP contribution in [-0.2, 0) is 26.2 Å². The Morgan fingerprint density at radius 2 is 1.94 bits per heavy atom. The number of hydrogen-bond donors (Lipinski definition) is 2. The topological polar surface area (TPSA) is 114 Å². The van der Waals surface area contributed by atoms with E-state index in [2.05, 4.69) is 10.6 Å². The van der Waals surface area contributed by atoms with Gasteiger partial charge < -0.3 is 24.5 Å². The number of carbonyl (C=O) groups excluding carboxylic acids is 2. The van der Waals surface area contributed by atoms with Crippen molar-refractivity contribution in [2.45, 2.75) is 44.2 Å². The molecule has 2 N–H and O–H groups in total. The van der Waals surface area contributed by atoms with E-state index < -0.39 is 10.1 Å². The van der Waals surface area contributed by atoms with Gasteiger partial charge in [0.25, 0.3) is 0 Å². The Balaban J connectivity index is 1.83. The van der Waals surface area contributed by atoms with E-state index in [9.17, 15) is 18.0 Å². The second-order valence-electron chi connectivity index (χ2n) is 7.85. The smallest absolute Gasteiger partial charge is 0.339 e. The molecular weight excluding hydrogens is 482 g/mol. The standard InChI is InChI=1S/C23H28ClN3O6S/c1-3-25-23(29)27(15-20-5-4-12-32-20)14-17-13-18(24)6-11-22(17)33-34(30,31)21-9-7-19(8-10-21)26-16(2)28/h6-11,13,20H,3-5,12,14-15H2,1-2H3,(H,25,29)(H,26,28). The average Bonchev–Trinajstić information content (AvgIpc) is 3.28. The third-order valence-electron chi connectivity index (χ3n) is 5.11. The van der Waals surface area contributed by atoms with Crippen LogP contribution in [0.2, 0.25) is 5.02 Å². The summed E-state index contributed by atoms with van der Waals surface area (Å²) in [5, 5.41) is 5.74. The molecule has 0 spiro atoms. The highest BCUT2D eigenvalue weighted by atomic mass is 35.5. The number of urea groups is 1. The van der Waals surface area contributed by atoms with E-state index in [0.29, 0.717) is 36.0 Å². The van der Waals surface area contributed by atoms with Crippen molar-refractivity contribution in [2.24, 2.45) is 0 Å². The second kappa shape index (κ2) is 11.5. The molecule has 2 aromatic rings. The molecule has 34 heavy (non-hydrogen) atoms. The molecule has 1 unspecified atom stereocenters. The molecule has 1 aliphatic rings. The van der Waals surface area contributed by atoms with Crippen molar-refractivity contribution in [1.82, 2.24) is 10.2 Å². The number of rotatable bonds is 9. The van der Waals surface area contributed by atoms with Gasteiger partial charge in [-0.2, -0.15) is 8.42 Å². The van der Waals surface area contributed by atoms with Crippen LogP contribution in [0.5, 0.6) is 5.75 Å². The summed E-state index contributed by atoms with van der Waals surface area (Å²) in [5.74, 6) is -0.200. The third-order valence-corrected chi connectivity index (χ3v) is 6.59.